The van der Waals surface area contributed by atoms with Crippen molar-refractivity contribution in [2.45, 2.75) is 25.4 Å². The molecular weight excluding hydrogens is 362 g/mol. The Labute approximate surface area is 173 Å². The van der Waals surface area contributed by atoms with E-state index >= 15 is 0 Å². The van der Waals surface area contributed by atoms with Gasteiger partial charge in [-0.1, -0.05) is 24.3 Å². The molecule has 0 spiro atoms. The molecule has 1 saturated heterocycles. The van der Waals surface area contributed by atoms with Crippen LogP contribution in [0.4, 0.5) is 5.69 Å². The van der Waals surface area contributed by atoms with Gasteiger partial charge < -0.3 is 20.0 Å². The second-order valence-electron chi connectivity index (χ2n) is 7.63. The van der Waals surface area contributed by atoms with Gasteiger partial charge in [0.15, 0.2) is 5.96 Å². The number of nitrogens with one attached hydrogen (secondary N) is 2. The second kappa shape index (κ2) is 9.65. The van der Waals surface area contributed by atoms with Gasteiger partial charge in [-0.15, -0.1) is 0 Å². The van der Waals surface area contributed by atoms with E-state index in [1.165, 1.54) is 24.1 Å². The molecule has 1 aromatic carbocycles. The van der Waals surface area contributed by atoms with E-state index in [1.807, 2.05) is 13.1 Å². The van der Waals surface area contributed by atoms with Crippen LogP contribution in [0.15, 0.2) is 64.2 Å². The smallest absolute Gasteiger partial charge is 0.191 e. The topological polar surface area (TPSA) is 56.0 Å². The van der Waals surface area contributed by atoms with E-state index in [2.05, 4.69) is 67.9 Å². The highest BCUT2D eigenvalue weighted by Gasteiger charge is 2.25. The molecule has 0 bridgehead atoms. The molecule has 1 atom stereocenters. The highest BCUT2D eigenvalue weighted by atomic mass is 16.3. The molecule has 1 fully saturated rings. The minimum Gasteiger partial charge on any atom is -0.468 e. The zero-order chi connectivity index (χ0) is 19.9. The molecule has 154 valence electrons. The van der Waals surface area contributed by atoms with Gasteiger partial charge in [0.25, 0.3) is 0 Å². The third-order valence-electron chi connectivity index (χ3n) is 5.69. The van der Waals surface area contributed by atoms with Gasteiger partial charge in [-0.25, -0.2) is 0 Å². The Morgan fingerprint density at radius 1 is 1.10 bits per heavy atom. The van der Waals surface area contributed by atoms with Gasteiger partial charge >= 0.3 is 0 Å². The van der Waals surface area contributed by atoms with E-state index in [0.29, 0.717) is 0 Å². The van der Waals surface area contributed by atoms with E-state index in [1.54, 1.807) is 6.26 Å². The van der Waals surface area contributed by atoms with Crippen LogP contribution in [0.2, 0.25) is 0 Å². The summed E-state index contributed by atoms with van der Waals surface area (Å²) >= 11 is 0. The number of guanidine groups is 1. The molecule has 6 heteroatoms. The summed E-state index contributed by atoms with van der Waals surface area (Å²) in [5.74, 6) is 1.83. The van der Waals surface area contributed by atoms with E-state index in [0.717, 1.165) is 51.0 Å². The summed E-state index contributed by atoms with van der Waals surface area (Å²) < 4.78 is 5.71. The summed E-state index contributed by atoms with van der Waals surface area (Å²) in [7, 11) is 1.82. The van der Waals surface area contributed by atoms with Crippen LogP contribution >= 0.6 is 0 Å². The average molecular weight is 394 g/mol. The van der Waals surface area contributed by atoms with Crippen molar-refractivity contribution < 1.29 is 4.42 Å². The summed E-state index contributed by atoms with van der Waals surface area (Å²) in [6.07, 6.45) is 8.70. The van der Waals surface area contributed by atoms with Gasteiger partial charge in [-0.2, -0.15) is 0 Å². The summed E-state index contributed by atoms with van der Waals surface area (Å²) in [6, 6.07) is 13.0. The van der Waals surface area contributed by atoms with Crippen LogP contribution in [0.3, 0.4) is 0 Å². The van der Waals surface area contributed by atoms with E-state index in [-0.39, 0.29) is 6.04 Å². The minimum atomic E-state index is 0.233. The van der Waals surface area contributed by atoms with Crippen LogP contribution in [0, 0.1) is 0 Å². The third kappa shape index (κ3) is 5.01. The molecule has 0 amide bonds. The Hall–Kier alpha value is -2.73. The number of likely N-dealkylation sites (tertiary alicyclic amines) is 1. The number of furan rings is 1. The van der Waals surface area contributed by atoms with Crippen molar-refractivity contribution >= 4 is 11.6 Å². The molecule has 1 unspecified atom stereocenters. The van der Waals surface area contributed by atoms with Crippen molar-refractivity contribution in [1.29, 1.82) is 0 Å². The second-order valence-corrected chi connectivity index (χ2v) is 7.63. The number of rotatable bonds is 7. The lowest BCUT2D eigenvalue weighted by Crippen LogP contribution is -2.42. The zero-order valence-corrected chi connectivity index (χ0v) is 17.2. The zero-order valence-electron chi connectivity index (χ0n) is 17.2. The number of aliphatic imine (C=N–C) groups is 1. The Morgan fingerprint density at radius 3 is 2.66 bits per heavy atom. The highest BCUT2D eigenvalue weighted by Crippen LogP contribution is 2.25. The molecule has 2 aliphatic heterocycles. The normalized spacial score (nSPS) is 18.4. The SMILES string of the molecule is CN=C(NCc1cccc(N2CC=CC2)c1)NCC(c1ccco1)N1CCCC1. The van der Waals surface area contributed by atoms with Crippen LogP contribution in [-0.2, 0) is 6.54 Å². The van der Waals surface area contributed by atoms with Crippen molar-refractivity contribution in [3.8, 4) is 0 Å². The predicted octanol–water partition coefficient (Wildman–Crippen LogP) is 3.16. The minimum absolute atomic E-state index is 0.233. The lowest BCUT2D eigenvalue weighted by molar-refractivity contribution is 0.215. The molecule has 1 aromatic heterocycles. The fourth-order valence-electron chi connectivity index (χ4n) is 4.10. The first-order valence-corrected chi connectivity index (χ1v) is 10.5. The van der Waals surface area contributed by atoms with Crippen LogP contribution in [0.1, 0.15) is 30.2 Å². The molecule has 29 heavy (non-hydrogen) atoms. The van der Waals surface area contributed by atoms with Crippen LogP contribution < -0.4 is 15.5 Å². The molecule has 0 radical (unpaired) electrons. The Kier molecular flexibility index (Phi) is 6.52. The maximum absolute atomic E-state index is 5.71. The quantitative estimate of drug-likeness (QED) is 0.430. The van der Waals surface area contributed by atoms with Crippen molar-refractivity contribution in [3.05, 3.63) is 66.1 Å². The van der Waals surface area contributed by atoms with Crippen molar-refractivity contribution in [2.24, 2.45) is 4.99 Å². The van der Waals surface area contributed by atoms with Crippen molar-refractivity contribution in [2.75, 3.05) is 44.7 Å². The Bertz CT molecular complexity index is 816. The Morgan fingerprint density at radius 2 is 1.93 bits per heavy atom. The molecule has 2 N–H and O–H groups in total. The molecule has 4 rings (SSSR count). The fourth-order valence-corrected chi connectivity index (χ4v) is 4.10. The Balaban J connectivity index is 1.33. The summed E-state index contributed by atoms with van der Waals surface area (Å²) in [4.78, 5) is 9.26. The van der Waals surface area contributed by atoms with Crippen molar-refractivity contribution in [3.63, 3.8) is 0 Å². The highest BCUT2D eigenvalue weighted by molar-refractivity contribution is 5.79. The number of hydrogen-bond acceptors (Lipinski definition) is 4. The van der Waals surface area contributed by atoms with E-state index < -0.39 is 0 Å². The lowest BCUT2D eigenvalue weighted by Gasteiger charge is -2.26. The van der Waals surface area contributed by atoms with Gasteiger partial charge in [0.2, 0.25) is 0 Å². The fraction of sp³-hybridized carbons (Fsp3) is 0.435. The predicted molar refractivity (Wildman–Crippen MR) is 118 cm³/mol. The number of benzene rings is 1. The number of hydrogen-bond donors (Lipinski definition) is 2. The van der Waals surface area contributed by atoms with Gasteiger partial charge in [-0.05, 0) is 55.8 Å². The standard InChI is InChI=1S/C23H31N5O/c1-24-23(25-17-19-8-6-9-20(16-19)27-11-2-3-12-27)26-18-21(22-10-7-15-29-22)28-13-4-5-14-28/h2-3,6-10,15-16,21H,4-5,11-14,17-18H2,1H3,(H2,24,25,26). The van der Waals surface area contributed by atoms with E-state index in [4.69, 9.17) is 4.42 Å². The molecule has 2 aliphatic rings. The van der Waals surface area contributed by atoms with E-state index in [9.17, 15) is 0 Å². The van der Waals surface area contributed by atoms with Gasteiger partial charge in [0, 0.05) is 38.9 Å². The van der Waals surface area contributed by atoms with Crippen molar-refractivity contribution in [1.82, 2.24) is 15.5 Å². The first-order chi connectivity index (χ1) is 14.3. The molecule has 2 aromatic rings. The first kappa shape index (κ1) is 19.6. The van der Waals surface area contributed by atoms with Gasteiger partial charge in [-0.3, -0.25) is 9.89 Å². The molecule has 0 aliphatic carbocycles. The molecule has 6 nitrogen and oxygen atoms in total. The summed E-state index contributed by atoms with van der Waals surface area (Å²) in [5.41, 5.74) is 2.52. The van der Waals surface area contributed by atoms with Crippen LogP contribution in [0.5, 0.6) is 0 Å². The average Bonchev–Trinajstić information content (AvgIpc) is 3.54. The molecular formula is C23H31N5O. The largest absolute Gasteiger partial charge is 0.468 e. The molecule has 3 heterocycles. The molecule has 0 saturated carbocycles. The van der Waals surface area contributed by atoms with Gasteiger partial charge in [0.05, 0.1) is 12.3 Å². The summed E-state index contributed by atoms with van der Waals surface area (Å²) in [6.45, 7) is 5.74. The summed E-state index contributed by atoms with van der Waals surface area (Å²) in [5, 5.41) is 6.94. The number of nitrogens with zero attached hydrogens (tertiary/aromatic N) is 3. The number of anilines is 1. The monoisotopic (exact) mass is 393 g/mol. The first-order valence-electron chi connectivity index (χ1n) is 10.5. The van der Waals surface area contributed by atoms with Gasteiger partial charge in [0.1, 0.15) is 5.76 Å². The van der Waals surface area contributed by atoms with Crippen LogP contribution in [-0.4, -0.2) is 50.6 Å². The van der Waals surface area contributed by atoms with Crippen LogP contribution in [0.25, 0.3) is 0 Å². The lowest BCUT2D eigenvalue weighted by atomic mass is 10.2. The maximum Gasteiger partial charge on any atom is 0.191 e. The maximum atomic E-state index is 5.71. The third-order valence-corrected chi connectivity index (χ3v) is 5.69.